The number of hydrogen-bond donors (Lipinski definition) is 0. The van der Waals surface area contributed by atoms with Crippen LogP contribution in [0.1, 0.15) is 13.3 Å². The van der Waals surface area contributed by atoms with Crippen LogP contribution in [0.25, 0.3) is 0 Å². The fourth-order valence-corrected chi connectivity index (χ4v) is 1.74. The van der Waals surface area contributed by atoms with Gasteiger partial charge in [-0.1, -0.05) is 22.6 Å². The van der Waals surface area contributed by atoms with Gasteiger partial charge in [-0.3, -0.25) is 4.79 Å². The first kappa shape index (κ1) is 23.0. The Morgan fingerprint density at radius 2 is 1.09 bits per heavy atom. The molecule has 0 unspecified atom stereocenters. The van der Waals surface area contributed by atoms with Crippen molar-refractivity contribution >= 4 is 28.6 Å². The minimum Gasteiger partial charge on any atom is -0.466 e. The number of esters is 1. The Morgan fingerprint density at radius 1 is 0.696 bits per heavy atom. The van der Waals surface area contributed by atoms with Crippen LogP contribution in [0.2, 0.25) is 0 Å². The van der Waals surface area contributed by atoms with Gasteiger partial charge in [0.05, 0.1) is 79.1 Å². The maximum absolute atomic E-state index is 11.0. The van der Waals surface area contributed by atoms with Crippen molar-refractivity contribution in [2.75, 3.05) is 77.1 Å². The average molecular weight is 448 g/mol. The second-order valence-electron chi connectivity index (χ2n) is 4.31. The van der Waals surface area contributed by atoms with Gasteiger partial charge in [0.2, 0.25) is 0 Å². The molecular formula is C15H29IO7. The summed E-state index contributed by atoms with van der Waals surface area (Å²) >= 11 is 2.27. The second kappa shape index (κ2) is 20.0. The molecule has 0 aliphatic carbocycles. The van der Waals surface area contributed by atoms with Crippen LogP contribution in [0.5, 0.6) is 0 Å². The van der Waals surface area contributed by atoms with Crippen LogP contribution in [0, 0.1) is 0 Å². The highest BCUT2D eigenvalue weighted by molar-refractivity contribution is 14.1. The smallest absolute Gasteiger partial charge is 0.308 e. The Balaban J connectivity index is 3.01. The largest absolute Gasteiger partial charge is 0.466 e. The van der Waals surface area contributed by atoms with E-state index in [0.717, 1.165) is 11.0 Å². The minimum atomic E-state index is -0.236. The van der Waals surface area contributed by atoms with E-state index >= 15 is 0 Å². The van der Waals surface area contributed by atoms with E-state index in [9.17, 15) is 4.79 Å². The molecule has 0 aromatic rings. The normalized spacial score (nSPS) is 10.9. The average Bonchev–Trinajstić information content (AvgIpc) is 2.54. The van der Waals surface area contributed by atoms with Crippen LogP contribution < -0.4 is 0 Å². The summed E-state index contributed by atoms with van der Waals surface area (Å²) in [7, 11) is 0. The number of carbonyl (C=O) groups excluding carboxylic acids is 1. The number of hydrogen-bond acceptors (Lipinski definition) is 7. The van der Waals surface area contributed by atoms with Crippen molar-refractivity contribution in [3.63, 3.8) is 0 Å². The van der Waals surface area contributed by atoms with E-state index in [1.807, 2.05) is 0 Å². The molecule has 0 amide bonds. The number of carbonyl (C=O) groups is 1. The zero-order chi connectivity index (χ0) is 17.0. The highest BCUT2D eigenvalue weighted by Crippen LogP contribution is 1.89. The number of ether oxygens (including phenoxy) is 6. The lowest BCUT2D eigenvalue weighted by atomic mass is 10.5. The van der Waals surface area contributed by atoms with Crippen molar-refractivity contribution in [3.8, 4) is 0 Å². The van der Waals surface area contributed by atoms with Gasteiger partial charge < -0.3 is 28.4 Å². The molecule has 0 rings (SSSR count). The van der Waals surface area contributed by atoms with Crippen molar-refractivity contribution in [1.29, 1.82) is 0 Å². The van der Waals surface area contributed by atoms with E-state index in [4.69, 9.17) is 28.4 Å². The van der Waals surface area contributed by atoms with Gasteiger partial charge in [0.15, 0.2) is 0 Å². The molecule has 0 saturated heterocycles. The summed E-state index contributed by atoms with van der Waals surface area (Å²) in [4.78, 5) is 11.0. The van der Waals surface area contributed by atoms with Crippen molar-refractivity contribution in [2.24, 2.45) is 0 Å². The van der Waals surface area contributed by atoms with Crippen LogP contribution in [0.15, 0.2) is 0 Å². The van der Waals surface area contributed by atoms with Crippen LogP contribution >= 0.6 is 22.6 Å². The van der Waals surface area contributed by atoms with Gasteiger partial charge in [0.25, 0.3) is 0 Å². The molecule has 0 aromatic carbocycles. The predicted molar refractivity (Wildman–Crippen MR) is 94.2 cm³/mol. The molecule has 0 aromatic heterocycles. The highest BCUT2D eigenvalue weighted by Gasteiger charge is 2.00. The Bertz CT molecular complexity index is 254. The van der Waals surface area contributed by atoms with Crippen molar-refractivity contribution in [1.82, 2.24) is 0 Å². The molecule has 0 bridgehead atoms. The van der Waals surface area contributed by atoms with Crippen molar-refractivity contribution in [2.45, 2.75) is 13.3 Å². The monoisotopic (exact) mass is 448 g/mol. The Hall–Kier alpha value is -0.000000000000000222. The maximum Gasteiger partial charge on any atom is 0.308 e. The summed E-state index contributed by atoms with van der Waals surface area (Å²) in [6, 6.07) is 0. The van der Waals surface area contributed by atoms with Gasteiger partial charge in [-0.15, -0.1) is 0 Å². The van der Waals surface area contributed by atoms with Gasteiger partial charge in [-0.2, -0.15) is 0 Å². The van der Waals surface area contributed by atoms with Gasteiger partial charge >= 0.3 is 5.97 Å². The molecule has 138 valence electrons. The van der Waals surface area contributed by atoms with E-state index in [-0.39, 0.29) is 12.4 Å². The van der Waals surface area contributed by atoms with Crippen LogP contribution in [-0.4, -0.2) is 83.1 Å². The SMILES string of the molecule is CCOC(=O)CCOCCOCCOCCOCCOCCI. The Kier molecular flexibility index (Phi) is 20.0. The van der Waals surface area contributed by atoms with Gasteiger partial charge in [-0.25, -0.2) is 0 Å². The molecule has 0 heterocycles. The molecule has 0 saturated carbocycles. The summed E-state index contributed by atoms with van der Waals surface area (Å²) in [6.07, 6.45) is 0.278. The van der Waals surface area contributed by atoms with E-state index in [2.05, 4.69) is 22.6 Å². The van der Waals surface area contributed by atoms with Gasteiger partial charge in [0, 0.05) is 4.43 Å². The Labute approximate surface area is 152 Å². The lowest BCUT2D eigenvalue weighted by molar-refractivity contribution is -0.144. The third kappa shape index (κ3) is 20.0. The van der Waals surface area contributed by atoms with E-state index in [1.54, 1.807) is 6.92 Å². The molecule has 23 heavy (non-hydrogen) atoms. The third-order valence-corrected chi connectivity index (χ3v) is 2.91. The third-order valence-electron chi connectivity index (χ3n) is 2.47. The fourth-order valence-electron chi connectivity index (χ4n) is 1.42. The molecule has 0 atom stereocenters. The first-order chi connectivity index (χ1) is 11.3. The molecule has 0 fully saturated rings. The number of halogens is 1. The van der Waals surface area contributed by atoms with E-state index in [0.29, 0.717) is 66.1 Å². The van der Waals surface area contributed by atoms with Gasteiger partial charge in [0.1, 0.15) is 0 Å². The lowest BCUT2D eigenvalue weighted by Gasteiger charge is -2.07. The highest BCUT2D eigenvalue weighted by atomic mass is 127. The van der Waals surface area contributed by atoms with Crippen LogP contribution in [0.4, 0.5) is 0 Å². The topological polar surface area (TPSA) is 72.5 Å². The summed E-state index contributed by atoms with van der Waals surface area (Å²) < 4.78 is 32.3. The van der Waals surface area contributed by atoms with Crippen molar-refractivity contribution in [3.05, 3.63) is 0 Å². The summed E-state index contributed by atoms with van der Waals surface area (Å²) in [6.45, 7) is 7.62. The quantitative estimate of drug-likeness (QED) is 0.136. The number of rotatable bonds is 18. The molecule has 0 N–H and O–H groups in total. The molecule has 0 aliphatic heterocycles. The van der Waals surface area contributed by atoms with Crippen LogP contribution in [0.3, 0.4) is 0 Å². The van der Waals surface area contributed by atoms with Gasteiger partial charge in [-0.05, 0) is 6.92 Å². The minimum absolute atomic E-state index is 0.236. The molecule has 0 radical (unpaired) electrons. The Morgan fingerprint density at radius 3 is 1.48 bits per heavy atom. The predicted octanol–water partition coefficient (Wildman–Crippen LogP) is 1.46. The lowest BCUT2D eigenvalue weighted by Crippen LogP contribution is -2.14. The standard InChI is InChI=1S/C15H29IO7/c1-2-23-15(17)3-5-18-7-9-20-11-13-22-14-12-21-10-8-19-6-4-16/h2-14H2,1H3. The summed E-state index contributed by atoms with van der Waals surface area (Å²) in [5.41, 5.74) is 0. The first-order valence-electron chi connectivity index (χ1n) is 7.91. The summed E-state index contributed by atoms with van der Waals surface area (Å²) in [5, 5.41) is 0. The van der Waals surface area contributed by atoms with Crippen molar-refractivity contribution < 1.29 is 33.2 Å². The van der Waals surface area contributed by atoms with Crippen LogP contribution in [-0.2, 0) is 33.2 Å². The number of alkyl halides is 1. The second-order valence-corrected chi connectivity index (χ2v) is 5.38. The first-order valence-corrected chi connectivity index (χ1v) is 9.44. The molecule has 8 heteroatoms. The van der Waals surface area contributed by atoms with E-state index in [1.165, 1.54) is 0 Å². The zero-order valence-corrected chi connectivity index (χ0v) is 16.1. The zero-order valence-electron chi connectivity index (χ0n) is 13.9. The maximum atomic E-state index is 11.0. The summed E-state index contributed by atoms with van der Waals surface area (Å²) in [5.74, 6) is -0.236. The molecule has 0 aliphatic rings. The molecular weight excluding hydrogens is 419 g/mol. The molecule has 7 nitrogen and oxygen atoms in total. The van der Waals surface area contributed by atoms with E-state index < -0.39 is 0 Å². The fraction of sp³-hybridized carbons (Fsp3) is 0.933. The molecule has 0 spiro atoms.